The van der Waals surface area contributed by atoms with Crippen molar-refractivity contribution in [1.29, 1.82) is 0 Å². The minimum Gasteiger partial charge on any atom is -0.497 e. The van der Waals surface area contributed by atoms with Gasteiger partial charge in [0.2, 0.25) is 0 Å². The van der Waals surface area contributed by atoms with Crippen LogP contribution in [0, 0.1) is 5.82 Å². The lowest BCUT2D eigenvalue weighted by Gasteiger charge is -2.10. The minimum absolute atomic E-state index is 0.00236. The molecule has 0 aliphatic carbocycles. The van der Waals surface area contributed by atoms with E-state index >= 15 is 0 Å². The van der Waals surface area contributed by atoms with Crippen LogP contribution in [0.3, 0.4) is 0 Å². The number of benzene rings is 3. The zero-order chi connectivity index (χ0) is 21.6. The number of halogens is 1. The highest BCUT2D eigenvalue weighted by Gasteiger charge is 2.14. The first kappa shape index (κ1) is 21.1. The lowest BCUT2D eigenvalue weighted by atomic mass is 10.3. The zero-order valence-corrected chi connectivity index (χ0v) is 16.8. The normalized spacial score (nSPS) is 10.9. The van der Waals surface area contributed by atoms with Gasteiger partial charge in [-0.2, -0.15) is 0 Å². The second-order valence-corrected chi connectivity index (χ2v) is 7.84. The molecule has 0 fully saturated rings. The molecule has 30 heavy (non-hydrogen) atoms. The summed E-state index contributed by atoms with van der Waals surface area (Å²) in [5.74, 6) is 0.225. The number of nitrogens with one attached hydrogen (secondary N) is 2. The van der Waals surface area contributed by atoms with E-state index in [1.807, 2.05) is 0 Å². The molecular formula is C21H19FN2O5S. The summed E-state index contributed by atoms with van der Waals surface area (Å²) in [7, 11) is -2.31. The fraction of sp³-hybridized carbons (Fsp3) is 0.0952. The molecule has 0 atom stereocenters. The summed E-state index contributed by atoms with van der Waals surface area (Å²) >= 11 is 0. The average molecular weight is 430 g/mol. The van der Waals surface area contributed by atoms with Crippen molar-refractivity contribution in [1.82, 2.24) is 0 Å². The molecule has 0 unspecified atom stereocenters. The molecule has 0 spiro atoms. The molecule has 3 aromatic rings. The molecule has 9 heteroatoms. The van der Waals surface area contributed by atoms with Gasteiger partial charge in [-0.3, -0.25) is 9.52 Å². The minimum atomic E-state index is -3.85. The van der Waals surface area contributed by atoms with Gasteiger partial charge in [0.15, 0.2) is 6.61 Å². The number of anilines is 2. The number of carbonyl (C=O) groups is 1. The van der Waals surface area contributed by atoms with Gasteiger partial charge in [0.25, 0.3) is 15.9 Å². The Morgan fingerprint density at radius 3 is 2.23 bits per heavy atom. The number of rotatable bonds is 8. The Balaban J connectivity index is 1.58. The lowest BCUT2D eigenvalue weighted by molar-refractivity contribution is -0.118. The Morgan fingerprint density at radius 2 is 1.57 bits per heavy atom. The van der Waals surface area contributed by atoms with Crippen molar-refractivity contribution >= 4 is 27.3 Å². The van der Waals surface area contributed by atoms with E-state index in [9.17, 15) is 17.6 Å². The molecule has 0 radical (unpaired) electrons. The molecule has 0 aromatic heterocycles. The smallest absolute Gasteiger partial charge is 0.262 e. The third kappa shape index (κ3) is 5.71. The highest BCUT2D eigenvalue weighted by molar-refractivity contribution is 7.92. The summed E-state index contributed by atoms with van der Waals surface area (Å²) in [6, 6.07) is 17.4. The van der Waals surface area contributed by atoms with Gasteiger partial charge in [0, 0.05) is 17.4 Å². The van der Waals surface area contributed by atoms with Gasteiger partial charge in [0.05, 0.1) is 12.0 Å². The quantitative estimate of drug-likeness (QED) is 0.569. The van der Waals surface area contributed by atoms with Crippen molar-refractivity contribution < 1.29 is 27.1 Å². The number of carbonyl (C=O) groups excluding carboxylic acids is 1. The summed E-state index contributed by atoms with van der Waals surface area (Å²) in [6.07, 6.45) is 0. The maximum atomic E-state index is 13.0. The Kier molecular flexibility index (Phi) is 6.53. The molecular weight excluding hydrogens is 411 g/mol. The van der Waals surface area contributed by atoms with E-state index in [4.69, 9.17) is 9.47 Å². The van der Waals surface area contributed by atoms with Crippen LogP contribution in [0.1, 0.15) is 0 Å². The molecule has 7 nitrogen and oxygen atoms in total. The van der Waals surface area contributed by atoms with Crippen molar-refractivity contribution in [3.8, 4) is 11.5 Å². The highest BCUT2D eigenvalue weighted by atomic mass is 32.2. The SMILES string of the molecule is COc1cccc(OCC(=O)Nc2ccc(S(=O)(=O)Nc3ccc(F)cc3)cc2)c1. The maximum absolute atomic E-state index is 13.0. The predicted molar refractivity (Wildman–Crippen MR) is 111 cm³/mol. The Labute approximate surface area is 173 Å². The second-order valence-electron chi connectivity index (χ2n) is 6.15. The second kappa shape index (κ2) is 9.27. The van der Waals surface area contributed by atoms with E-state index in [-0.39, 0.29) is 17.2 Å². The summed E-state index contributed by atoms with van der Waals surface area (Å²) in [5, 5.41) is 2.62. The van der Waals surface area contributed by atoms with E-state index in [0.717, 1.165) is 12.1 Å². The van der Waals surface area contributed by atoms with Crippen LogP contribution in [0.15, 0.2) is 77.7 Å². The van der Waals surface area contributed by atoms with E-state index in [1.54, 1.807) is 24.3 Å². The number of sulfonamides is 1. The molecule has 2 N–H and O–H groups in total. The number of hydrogen-bond acceptors (Lipinski definition) is 5. The van der Waals surface area contributed by atoms with Crippen LogP contribution in [0.2, 0.25) is 0 Å². The van der Waals surface area contributed by atoms with Gasteiger partial charge in [-0.1, -0.05) is 6.07 Å². The molecule has 0 heterocycles. The van der Waals surface area contributed by atoms with Crippen LogP contribution in [-0.2, 0) is 14.8 Å². The van der Waals surface area contributed by atoms with E-state index < -0.39 is 21.7 Å². The van der Waals surface area contributed by atoms with Gasteiger partial charge >= 0.3 is 0 Å². The summed E-state index contributed by atoms with van der Waals surface area (Å²) in [5.41, 5.74) is 0.651. The van der Waals surface area contributed by atoms with Crippen molar-refractivity contribution in [2.24, 2.45) is 0 Å². The lowest BCUT2D eigenvalue weighted by Crippen LogP contribution is -2.20. The molecule has 1 amide bonds. The fourth-order valence-corrected chi connectivity index (χ4v) is 3.54. The first-order valence-electron chi connectivity index (χ1n) is 8.81. The monoisotopic (exact) mass is 430 g/mol. The van der Waals surface area contributed by atoms with Crippen molar-refractivity contribution in [2.75, 3.05) is 23.8 Å². The van der Waals surface area contributed by atoms with E-state index in [0.29, 0.717) is 17.2 Å². The van der Waals surface area contributed by atoms with Crippen LogP contribution in [0.5, 0.6) is 11.5 Å². The first-order valence-corrected chi connectivity index (χ1v) is 10.3. The molecule has 3 rings (SSSR count). The van der Waals surface area contributed by atoms with Crippen LogP contribution in [-0.4, -0.2) is 28.0 Å². The number of ether oxygens (including phenoxy) is 2. The first-order chi connectivity index (χ1) is 14.4. The molecule has 0 bridgehead atoms. The Bertz CT molecular complexity index is 1120. The van der Waals surface area contributed by atoms with Gasteiger partial charge in [-0.15, -0.1) is 0 Å². The largest absolute Gasteiger partial charge is 0.497 e. The molecule has 0 saturated carbocycles. The number of methoxy groups -OCH3 is 1. The molecule has 3 aromatic carbocycles. The average Bonchev–Trinajstić information content (AvgIpc) is 2.74. The molecule has 0 aliphatic heterocycles. The summed E-state index contributed by atoms with van der Waals surface area (Å²) in [4.78, 5) is 12.1. The third-order valence-electron chi connectivity index (χ3n) is 3.96. The highest BCUT2D eigenvalue weighted by Crippen LogP contribution is 2.20. The van der Waals surface area contributed by atoms with Crippen LogP contribution in [0.25, 0.3) is 0 Å². The molecule has 0 saturated heterocycles. The van der Waals surface area contributed by atoms with Crippen molar-refractivity contribution in [3.63, 3.8) is 0 Å². The van der Waals surface area contributed by atoms with Gasteiger partial charge < -0.3 is 14.8 Å². The number of hydrogen-bond donors (Lipinski definition) is 2. The molecule has 156 valence electrons. The number of amides is 1. The zero-order valence-electron chi connectivity index (χ0n) is 16.0. The van der Waals surface area contributed by atoms with Gasteiger partial charge in [0.1, 0.15) is 17.3 Å². The Morgan fingerprint density at radius 1 is 0.933 bits per heavy atom. The van der Waals surface area contributed by atoms with Crippen LogP contribution in [0.4, 0.5) is 15.8 Å². The van der Waals surface area contributed by atoms with E-state index in [2.05, 4.69) is 10.0 Å². The fourth-order valence-electron chi connectivity index (χ4n) is 2.49. The summed E-state index contributed by atoms with van der Waals surface area (Å²) in [6.45, 7) is -0.223. The van der Waals surface area contributed by atoms with Gasteiger partial charge in [-0.05, 0) is 60.7 Å². The standard InChI is InChI=1S/C21H19FN2O5S/c1-28-18-3-2-4-19(13-18)29-14-21(25)23-16-9-11-20(12-10-16)30(26,27)24-17-7-5-15(22)6-8-17/h2-13,24H,14H2,1H3,(H,23,25). The van der Waals surface area contributed by atoms with Crippen LogP contribution < -0.4 is 19.5 Å². The molecule has 0 aliphatic rings. The topological polar surface area (TPSA) is 93.7 Å². The predicted octanol–water partition coefficient (Wildman–Crippen LogP) is 3.65. The van der Waals surface area contributed by atoms with Crippen molar-refractivity contribution in [2.45, 2.75) is 4.90 Å². The maximum Gasteiger partial charge on any atom is 0.262 e. The van der Waals surface area contributed by atoms with Gasteiger partial charge in [-0.25, -0.2) is 12.8 Å². The van der Waals surface area contributed by atoms with E-state index in [1.165, 1.54) is 43.5 Å². The van der Waals surface area contributed by atoms with Crippen molar-refractivity contribution in [3.05, 3.63) is 78.6 Å². The Hall–Kier alpha value is -3.59. The third-order valence-corrected chi connectivity index (χ3v) is 5.35. The van der Waals surface area contributed by atoms with Crippen LogP contribution >= 0.6 is 0 Å². The summed E-state index contributed by atoms with van der Waals surface area (Å²) < 4.78 is 50.6.